The average Bonchev–Trinajstić information content (AvgIpc) is 2.90. The van der Waals surface area contributed by atoms with Crippen molar-refractivity contribution in [3.63, 3.8) is 0 Å². The van der Waals surface area contributed by atoms with Gasteiger partial charge in [0, 0.05) is 31.3 Å². The van der Waals surface area contributed by atoms with Crippen LogP contribution in [0.15, 0.2) is 30.5 Å². The number of fused-ring (bicyclic) bond motifs is 1. The van der Waals surface area contributed by atoms with Crippen molar-refractivity contribution >= 4 is 0 Å². The highest BCUT2D eigenvalue weighted by molar-refractivity contribution is 5.59. The second-order valence-electron chi connectivity index (χ2n) is 5.40. The molecule has 3 nitrogen and oxygen atoms in total. The first-order chi connectivity index (χ1) is 9.30. The molecule has 0 radical (unpaired) electrons. The number of nitrogens with two attached hydrogens (primary N) is 1. The molecule has 1 aliphatic rings. The fourth-order valence-electron chi connectivity index (χ4n) is 2.79. The maximum atomic E-state index is 5.63. The highest BCUT2D eigenvalue weighted by Gasteiger charge is 2.19. The second-order valence-corrected chi connectivity index (χ2v) is 5.40. The lowest BCUT2D eigenvalue weighted by atomic mass is 9.95. The van der Waals surface area contributed by atoms with Gasteiger partial charge in [-0.3, -0.25) is 0 Å². The van der Waals surface area contributed by atoms with Crippen molar-refractivity contribution in [1.29, 1.82) is 0 Å². The van der Waals surface area contributed by atoms with Crippen LogP contribution in [0.2, 0.25) is 0 Å². The molecule has 0 saturated carbocycles. The van der Waals surface area contributed by atoms with E-state index in [1.807, 2.05) is 0 Å². The van der Waals surface area contributed by atoms with Crippen LogP contribution in [-0.4, -0.2) is 9.55 Å². The molecule has 3 rings (SSSR count). The monoisotopic (exact) mass is 255 g/mol. The Labute approximate surface area is 114 Å². The Morgan fingerprint density at radius 1 is 1.32 bits per heavy atom. The van der Waals surface area contributed by atoms with Crippen LogP contribution >= 0.6 is 0 Å². The van der Waals surface area contributed by atoms with Gasteiger partial charge in [0.15, 0.2) is 0 Å². The Bertz CT molecular complexity index is 554. The summed E-state index contributed by atoms with van der Waals surface area (Å²) in [6, 6.07) is 8.41. The number of aromatic nitrogens is 2. The lowest BCUT2D eigenvalue weighted by molar-refractivity contribution is 0.372. The molecule has 0 bridgehead atoms. The fourth-order valence-corrected chi connectivity index (χ4v) is 2.79. The number of imidazole rings is 1. The molecule has 2 aromatic rings. The first kappa shape index (κ1) is 12.4. The van der Waals surface area contributed by atoms with Gasteiger partial charge in [0.25, 0.3) is 0 Å². The van der Waals surface area contributed by atoms with E-state index in [0.717, 1.165) is 24.6 Å². The van der Waals surface area contributed by atoms with E-state index < -0.39 is 0 Å². The van der Waals surface area contributed by atoms with Gasteiger partial charge >= 0.3 is 0 Å². The largest absolute Gasteiger partial charge is 0.334 e. The summed E-state index contributed by atoms with van der Waals surface area (Å²) < 4.78 is 2.32. The summed E-state index contributed by atoms with van der Waals surface area (Å²) in [4.78, 5) is 4.81. The van der Waals surface area contributed by atoms with Crippen molar-refractivity contribution in [3.05, 3.63) is 41.9 Å². The van der Waals surface area contributed by atoms with Crippen molar-refractivity contribution in [2.75, 3.05) is 0 Å². The van der Waals surface area contributed by atoms with Gasteiger partial charge in [0.1, 0.15) is 5.82 Å². The molecular weight excluding hydrogens is 234 g/mol. The molecule has 0 amide bonds. The maximum absolute atomic E-state index is 5.63. The van der Waals surface area contributed by atoms with Crippen LogP contribution in [0.5, 0.6) is 0 Å². The predicted octanol–water partition coefficient (Wildman–Crippen LogP) is 2.98. The summed E-state index contributed by atoms with van der Waals surface area (Å²) in [5.41, 5.74) is 9.07. The third kappa shape index (κ3) is 2.43. The molecule has 1 atom stereocenters. The molecule has 1 aromatic heterocycles. The normalized spacial score (nSPS) is 18.3. The third-order valence-corrected chi connectivity index (χ3v) is 4.17. The molecule has 2 N–H and O–H groups in total. The van der Waals surface area contributed by atoms with Gasteiger partial charge in [-0.1, -0.05) is 37.6 Å². The van der Waals surface area contributed by atoms with Crippen LogP contribution < -0.4 is 5.73 Å². The number of aryl methyl sites for hydroxylation is 1. The number of rotatable bonds is 3. The summed E-state index contributed by atoms with van der Waals surface area (Å²) in [6.07, 6.45) is 5.86. The zero-order valence-electron chi connectivity index (χ0n) is 11.5. The smallest absolute Gasteiger partial charge is 0.109 e. The fraction of sp³-hybridized carbons (Fsp3) is 0.438. The zero-order valence-corrected chi connectivity index (χ0v) is 11.5. The van der Waals surface area contributed by atoms with Crippen LogP contribution in [0.3, 0.4) is 0 Å². The minimum absolute atomic E-state index is 0.595. The van der Waals surface area contributed by atoms with Crippen molar-refractivity contribution in [2.45, 2.75) is 39.3 Å². The number of hydrogen-bond donors (Lipinski definition) is 1. The summed E-state index contributed by atoms with van der Waals surface area (Å²) in [7, 11) is 0. The Morgan fingerprint density at radius 2 is 2.11 bits per heavy atom. The molecule has 1 aliphatic heterocycles. The molecule has 3 heteroatoms. The molecular formula is C16H21N3. The van der Waals surface area contributed by atoms with E-state index in [2.05, 4.69) is 42.0 Å². The standard InChI is InChI=1S/C16H21N3/c1-2-12-7-8-19-11-15(18-16(19)9-12)14-5-3-13(10-17)4-6-14/h3-6,11-12H,2,7-10,17H2,1H3. The zero-order chi connectivity index (χ0) is 13.2. The van der Waals surface area contributed by atoms with Gasteiger partial charge in [0.05, 0.1) is 5.69 Å². The first-order valence-corrected chi connectivity index (χ1v) is 7.15. The molecule has 0 aliphatic carbocycles. The highest BCUT2D eigenvalue weighted by Crippen LogP contribution is 2.26. The van der Waals surface area contributed by atoms with Crippen molar-refractivity contribution in [2.24, 2.45) is 11.7 Å². The third-order valence-electron chi connectivity index (χ3n) is 4.17. The van der Waals surface area contributed by atoms with Crippen LogP contribution in [0.25, 0.3) is 11.3 Å². The molecule has 19 heavy (non-hydrogen) atoms. The lowest BCUT2D eigenvalue weighted by Crippen LogP contribution is -2.18. The highest BCUT2D eigenvalue weighted by atomic mass is 15.1. The first-order valence-electron chi connectivity index (χ1n) is 7.15. The minimum atomic E-state index is 0.595. The van der Waals surface area contributed by atoms with E-state index >= 15 is 0 Å². The Morgan fingerprint density at radius 3 is 2.79 bits per heavy atom. The van der Waals surface area contributed by atoms with E-state index in [1.165, 1.54) is 29.8 Å². The molecule has 100 valence electrons. The van der Waals surface area contributed by atoms with E-state index in [4.69, 9.17) is 10.7 Å². The quantitative estimate of drug-likeness (QED) is 0.916. The Kier molecular flexibility index (Phi) is 3.38. The molecule has 2 heterocycles. The predicted molar refractivity (Wildman–Crippen MR) is 77.7 cm³/mol. The minimum Gasteiger partial charge on any atom is -0.334 e. The molecule has 1 unspecified atom stereocenters. The average molecular weight is 255 g/mol. The second kappa shape index (κ2) is 5.17. The molecule has 0 spiro atoms. The number of nitrogens with zero attached hydrogens (tertiary/aromatic N) is 2. The molecule has 0 fully saturated rings. The molecule has 0 saturated heterocycles. The summed E-state index contributed by atoms with van der Waals surface area (Å²) in [5.74, 6) is 2.05. The van der Waals surface area contributed by atoms with Crippen LogP contribution in [-0.2, 0) is 19.5 Å². The number of benzene rings is 1. The lowest BCUT2D eigenvalue weighted by Gasteiger charge is -2.21. The van der Waals surface area contributed by atoms with Crippen LogP contribution in [0, 0.1) is 5.92 Å². The summed E-state index contributed by atoms with van der Waals surface area (Å²) in [6.45, 7) is 3.98. The van der Waals surface area contributed by atoms with E-state index in [0.29, 0.717) is 6.54 Å². The van der Waals surface area contributed by atoms with Gasteiger partial charge < -0.3 is 10.3 Å². The van der Waals surface area contributed by atoms with E-state index in [1.54, 1.807) is 0 Å². The van der Waals surface area contributed by atoms with Gasteiger partial charge in [-0.2, -0.15) is 0 Å². The van der Waals surface area contributed by atoms with Crippen molar-refractivity contribution < 1.29 is 0 Å². The van der Waals surface area contributed by atoms with Crippen LogP contribution in [0.4, 0.5) is 0 Å². The maximum Gasteiger partial charge on any atom is 0.109 e. The van der Waals surface area contributed by atoms with Crippen LogP contribution in [0.1, 0.15) is 31.2 Å². The van der Waals surface area contributed by atoms with Gasteiger partial charge in [-0.15, -0.1) is 0 Å². The Hall–Kier alpha value is -1.61. The Balaban J connectivity index is 1.88. The van der Waals surface area contributed by atoms with Gasteiger partial charge in [-0.25, -0.2) is 4.98 Å². The van der Waals surface area contributed by atoms with E-state index in [9.17, 15) is 0 Å². The van der Waals surface area contributed by atoms with E-state index in [-0.39, 0.29) is 0 Å². The van der Waals surface area contributed by atoms with Crippen molar-refractivity contribution in [1.82, 2.24) is 9.55 Å². The summed E-state index contributed by atoms with van der Waals surface area (Å²) >= 11 is 0. The van der Waals surface area contributed by atoms with Crippen molar-refractivity contribution in [3.8, 4) is 11.3 Å². The SMILES string of the molecule is CCC1CCn2cc(-c3ccc(CN)cc3)nc2C1. The topological polar surface area (TPSA) is 43.8 Å². The number of hydrogen-bond acceptors (Lipinski definition) is 2. The van der Waals surface area contributed by atoms with Gasteiger partial charge in [-0.05, 0) is 17.9 Å². The van der Waals surface area contributed by atoms with Gasteiger partial charge in [0.2, 0.25) is 0 Å². The summed E-state index contributed by atoms with van der Waals surface area (Å²) in [5, 5.41) is 0. The molecule has 1 aromatic carbocycles.